The van der Waals surface area contributed by atoms with Gasteiger partial charge in [0.25, 0.3) is 0 Å². The van der Waals surface area contributed by atoms with Crippen molar-refractivity contribution >= 4 is 18.5 Å². The van der Waals surface area contributed by atoms with Crippen molar-refractivity contribution in [2.45, 2.75) is 91.5 Å². The van der Waals surface area contributed by atoms with Gasteiger partial charge >= 0.3 is 12.2 Å². The van der Waals surface area contributed by atoms with Crippen molar-refractivity contribution in [1.29, 1.82) is 0 Å². The largest absolute Gasteiger partial charge is 0.444 e. The van der Waals surface area contributed by atoms with Gasteiger partial charge in [-0.3, -0.25) is 0 Å². The second kappa shape index (κ2) is 11.7. The molecule has 0 aromatic heterocycles. The first-order valence-corrected chi connectivity index (χ1v) is 11.3. The summed E-state index contributed by atoms with van der Waals surface area (Å²) in [5, 5.41) is 9.45. The lowest BCUT2D eigenvalue weighted by atomic mass is 9.92. The van der Waals surface area contributed by atoms with E-state index in [1.807, 2.05) is 48.5 Å². The number of likely N-dealkylation sites (tertiary alicyclic amines) is 2. The van der Waals surface area contributed by atoms with Crippen molar-refractivity contribution in [3.8, 4) is 0 Å². The molecule has 2 rings (SSSR count). The predicted octanol–water partition coefficient (Wildman–Crippen LogP) is 3.85. The predicted molar refractivity (Wildman–Crippen MR) is 119 cm³/mol. The van der Waals surface area contributed by atoms with E-state index in [2.05, 4.69) is 0 Å². The highest BCUT2D eigenvalue weighted by atomic mass is 16.6. The van der Waals surface area contributed by atoms with Gasteiger partial charge in [-0.2, -0.15) is 0 Å². The van der Waals surface area contributed by atoms with Gasteiger partial charge in [0, 0.05) is 32.1 Å². The first kappa shape index (κ1) is 27.2. The average Bonchev–Trinajstić information content (AvgIpc) is 2.66. The van der Waals surface area contributed by atoms with Crippen LogP contribution in [0, 0.1) is 11.8 Å². The minimum atomic E-state index is -0.446. The number of piperidine rings is 2. The fourth-order valence-electron chi connectivity index (χ4n) is 3.44. The van der Waals surface area contributed by atoms with Crippen molar-refractivity contribution in [3.05, 3.63) is 0 Å². The summed E-state index contributed by atoms with van der Waals surface area (Å²) in [5.41, 5.74) is -0.878. The van der Waals surface area contributed by atoms with Crippen LogP contribution in [0.15, 0.2) is 0 Å². The number of hydrogen-bond donors (Lipinski definition) is 1. The van der Waals surface area contributed by atoms with Crippen LogP contribution in [0.1, 0.15) is 74.1 Å². The Bertz CT molecular complexity index is 578. The third-order valence-electron chi connectivity index (χ3n) is 5.26. The van der Waals surface area contributed by atoms with Crippen molar-refractivity contribution in [1.82, 2.24) is 9.80 Å². The Morgan fingerprint density at radius 2 is 1.19 bits per heavy atom. The van der Waals surface area contributed by atoms with Gasteiger partial charge in [0.05, 0.1) is 6.10 Å². The van der Waals surface area contributed by atoms with E-state index in [9.17, 15) is 19.5 Å². The van der Waals surface area contributed by atoms with Gasteiger partial charge in [-0.15, -0.1) is 0 Å². The number of hydrogen-bond acceptors (Lipinski definition) is 6. The molecule has 31 heavy (non-hydrogen) atoms. The van der Waals surface area contributed by atoms with Gasteiger partial charge in [-0.1, -0.05) is 0 Å². The minimum absolute atomic E-state index is 0.115. The summed E-state index contributed by atoms with van der Waals surface area (Å²) in [4.78, 5) is 37.3. The zero-order valence-corrected chi connectivity index (χ0v) is 20.3. The molecule has 180 valence electrons. The van der Waals surface area contributed by atoms with Crippen molar-refractivity contribution < 1.29 is 29.0 Å². The molecule has 1 unspecified atom stereocenters. The molecule has 2 fully saturated rings. The Morgan fingerprint density at radius 3 is 1.48 bits per heavy atom. The molecule has 8 nitrogen and oxygen atoms in total. The molecule has 0 aliphatic carbocycles. The number of ether oxygens (including phenoxy) is 2. The quantitative estimate of drug-likeness (QED) is 0.653. The molecule has 2 aliphatic rings. The maximum Gasteiger partial charge on any atom is 0.410 e. The number of rotatable bonds is 2. The standard InChI is InChI=1S/C12H23NO3.C11H19NO3/c1-9(14)10-5-7-13(8-6-10)11(15)16-12(2,3)4;1-11(2,3)15-10(14)12-6-4-9(8-13)5-7-12/h9-10,14H,5-8H2,1-4H3;8-9H,4-7H2,1-3H3. The summed E-state index contributed by atoms with van der Waals surface area (Å²) in [6.07, 6.45) is 3.41. The topological polar surface area (TPSA) is 96.4 Å². The highest BCUT2D eigenvalue weighted by Gasteiger charge is 2.28. The molecule has 8 heteroatoms. The fourth-order valence-corrected chi connectivity index (χ4v) is 3.44. The maximum atomic E-state index is 11.7. The molecule has 0 radical (unpaired) electrons. The summed E-state index contributed by atoms with van der Waals surface area (Å²) in [5.74, 6) is 0.433. The van der Waals surface area contributed by atoms with E-state index in [0.29, 0.717) is 32.1 Å². The summed E-state index contributed by atoms with van der Waals surface area (Å²) in [7, 11) is 0. The minimum Gasteiger partial charge on any atom is -0.444 e. The average molecular weight is 443 g/mol. The lowest BCUT2D eigenvalue weighted by Gasteiger charge is -2.34. The lowest BCUT2D eigenvalue weighted by molar-refractivity contribution is -0.112. The zero-order chi connectivity index (χ0) is 23.8. The van der Waals surface area contributed by atoms with E-state index < -0.39 is 11.2 Å². The van der Waals surface area contributed by atoms with Crippen LogP contribution in [0.3, 0.4) is 0 Å². The molecule has 0 spiro atoms. The van der Waals surface area contributed by atoms with Gasteiger partial charge < -0.3 is 29.2 Å². The summed E-state index contributed by atoms with van der Waals surface area (Å²) in [6.45, 7) is 15.6. The molecule has 2 aliphatic heterocycles. The molecule has 2 heterocycles. The number of amides is 2. The molecule has 1 atom stereocenters. The summed E-state index contributed by atoms with van der Waals surface area (Å²) >= 11 is 0. The van der Waals surface area contributed by atoms with Gasteiger partial charge in [0.15, 0.2) is 0 Å². The van der Waals surface area contributed by atoms with Crippen LogP contribution in [-0.2, 0) is 14.3 Å². The van der Waals surface area contributed by atoms with E-state index in [1.54, 1.807) is 9.80 Å². The van der Waals surface area contributed by atoms with Gasteiger partial charge in [-0.25, -0.2) is 9.59 Å². The van der Waals surface area contributed by atoms with Crippen LogP contribution in [-0.4, -0.2) is 76.9 Å². The number of carbonyl (C=O) groups is 3. The highest BCUT2D eigenvalue weighted by molar-refractivity contribution is 5.69. The first-order chi connectivity index (χ1) is 14.2. The Labute approximate surface area is 187 Å². The SMILES string of the molecule is CC(C)(C)OC(=O)N1CCC(C=O)CC1.CC(O)C1CCN(C(=O)OC(C)(C)C)CC1. The Hall–Kier alpha value is -1.83. The molecule has 1 N–H and O–H groups in total. The van der Waals surface area contributed by atoms with Crippen LogP contribution in [0.2, 0.25) is 0 Å². The monoisotopic (exact) mass is 442 g/mol. The molecular formula is C23H42N2O6. The Kier molecular flexibility index (Phi) is 10.3. The van der Waals surface area contributed by atoms with Gasteiger partial charge in [0.2, 0.25) is 0 Å². The van der Waals surface area contributed by atoms with Gasteiger partial charge in [-0.05, 0) is 80.1 Å². The molecular weight excluding hydrogens is 400 g/mol. The molecule has 0 bridgehead atoms. The molecule has 2 amide bonds. The number of aliphatic hydroxyl groups is 1. The number of aldehydes is 1. The van der Waals surface area contributed by atoms with Gasteiger partial charge in [0.1, 0.15) is 17.5 Å². The third kappa shape index (κ3) is 10.8. The van der Waals surface area contributed by atoms with E-state index in [4.69, 9.17) is 9.47 Å². The van der Waals surface area contributed by atoms with E-state index in [0.717, 1.165) is 32.0 Å². The molecule has 0 saturated carbocycles. The lowest BCUT2D eigenvalue weighted by Crippen LogP contribution is -2.43. The highest BCUT2D eigenvalue weighted by Crippen LogP contribution is 2.22. The van der Waals surface area contributed by atoms with E-state index >= 15 is 0 Å². The maximum absolute atomic E-state index is 11.7. The van der Waals surface area contributed by atoms with Crippen molar-refractivity contribution in [2.75, 3.05) is 26.2 Å². The number of aliphatic hydroxyl groups excluding tert-OH is 1. The van der Waals surface area contributed by atoms with E-state index in [-0.39, 0.29) is 24.2 Å². The normalized spacial score (nSPS) is 19.7. The smallest absolute Gasteiger partial charge is 0.410 e. The molecule has 0 aromatic rings. The van der Waals surface area contributed by atoms with Crippen LogP contribution in [0.25, 0.3) is 0 Å². The second-order valence-electron chi connectivity index (χ2n) is 10.5. The van der Waals surface area contributed by atoms with Crippen molar-refractivity contribution in [2.24, 2.45) is 11.8 Å². The summed E-state index contributed by atoms with van der Waals surface area (Å²) < 4.78 is 10.5. The van der Waals surface area contributed by atoms with Crippen LogP contribution < -0.4 is 0 Å². The fraction of sp³-hybridized carbons (Fsp3) is 0.870. The van der Waals surface area contributed by atoms with E-state index in [1.165, 1.54) is 0 Å². The van der Waals surface area contributed by atoms with Crippen molar-refractivity contribution in [3.63, 3.8) is 0 Å². The second-order valence-corrected chi connectivity index (χ2v) is 10.5. The van der Waals surface area contributed by atoms with Crippen LogP contribution >= 0.6 is 0 Å². The number of nitrogens with zero attached hydrogens (tertiary/aromatic N) is 2. The third-order valence-corrected chi connectivity index (χ3v) is 5.26. The summed E-state index contributed by atoms with van der Waals surface area (Å²) in [6, 6.07) is 0. The molecule has 0 aromatic carbocycles. The number of carbonyl (C=O) groups excluding carboxylic acids is 3. The Morgan fingerprint density at radius 1 is 0.839 bits per heavy atom. The molecule has 2 saturated heterocycles. The van der Waals surface area contributed by atoms with Crippen LogP contribution in [0.4, 0.5) is 9.59 Å². The zero-order valence-electron chi connectivity index (χ0n) is 20.3. The Balaban J connectivity index is 0.000000311. The first-order valence-electron chi connectivity index (χ1n) is 11.3. The van der Waals surface area contributed by atoms with Crippen LogP contribution in [0.5, 0.6) is 0 Å².